The number of carbonyl (C=O) groups excluding carboxylic acids is 1. The predicted octanol–water partition coefficient (Wildman–Crippen LogP) is 3.67. The van der Waals surface area contributed by atoms with E-state index in [1.54, 1.807) is 6.33 Å². The Labute approximate surface area is 171 Å². The number of rotatable bonds is 4. The number of carbonyl (C=O) groups is 1. The highest BCUT2D eigenvalue weighted by Crippen LogP contribution is 2.22. The van der Waals surface area contributed by atoms with Crippen molar-refractivity contribution in [1.29, 1.82) is 0 Å². The Bertz CT molecular complexity index is 994. The number of hydrogen-bond acceptors (Lipinski definition) is 4. The van der Waals surface area contributed by atoms with Crippen molar-refractivity contribution in [2.75, 3.05) is 31.1 Å². The van der Waals surface area contributed by atoms with Crippen LogP contribution in [0.3, 0.4) is 0 Å². The average molecular weight is 384 g/mol. The standard InChI is InChI=1S/C24H24N4O/c1-19-16-23(26-18-25-19)27-12-14-28(15-13-27)24(29)22(21-10-6-3-7-11-21)17-20-8-4-2-5-9-20/h2-11,16-18H,12-15H2,1H3/b22-17-. The largest absolute Gasteiger partial charge is 0.353 e. The van der Waals surface area contributed by atoms with Crippen LogP contribution in [0.2, 0.25) is 0 Å². The van der Waals surface area contributed by atoms with E-state index in [0.717, 1.165) is 41.3 Å². The normalized spacial score (nSPS) is 14.7. The van der Waals surface area contributed by atoms with E-state index >= 15 is 0 Å². The van der Waals surface area contributed by atoms with Gasteiger partial charge in [0.05, 0.1) is 0 Å². The minimum atomic E-state index is 0.0681. The van der Waals surface area contributed by atoms with Crippen molar-refractivity contribution in [2.45, 2.75) is 6.92 Å². The monoisotopic (exact) mass is 384 g/mol. The van der Waals surface area contributed by atoms with E-state index in [2.05, 4.69) is 14.9 Å². The molecule has 1 aliphatic rings. The fraction of sp³-hybridized carbons (Fsp3) is 0.208. The van der Waals surface area contributed by atoms with Gasteiger partial charge in [0.2, 0.25) is 0 Å². The molecule has 5 heteroatoms. The second-order valence-corrected chi connectivity index (χ2v) is 7.13. The fourth-order valence-corrected chi connectivity index (χ4v) is 3.52. The summed E-state index contributed by atoms with van der Waals surface area (Å²) in [4.78, 5) is 26.1. The van der Waals surface area contributed by atoms with Gasteiger partial charge in [-0.25, -0.2) is 9.97 Å². The highest BCUT2D eigenvalue weighted by atomic mass is 16.2. The summed E-state index contributed by atoms with van der Waals surface area (Å²) >= 11 is 0. The summed E-state index contributed by atoms with van der Waals surface area (Å²) in [6, 6.07) is 21.9. The molecule has 0 radical (unpaired) electrons. The number of anilines is 1. The van der Waals surface area contributed by atoms with E-state index in [9.17, 15) is 4.79 Å². The Hall–Kier alpha value is -3.47. The van der Waals surface area contributed by atoms with Gasteiger partial charge in [0.25, 0.3) is 5.91 Å². The van der Waals surface area contributed by atoms with Crippen molar-refractivity contribution in [2.24, 2.45) is 0 Å². The number of nitrogens with zero attached hydrogens (tertiary/aromatic N) is 4. The molecule has 0 N–H and O–H groups in total. The summed E-state index contributed by atoms with van der Waals surface area (Å²) in [7, 11) is 0. The van der Waals surface area contributed by atoms with Crippen molar-refractivity contribution in [3.63, 3.8) is 0 Å². The Morgan fingerprint density at radius 1 is 0.897 bits per heavy atom. The molecular formula is C24H24N4O. The van der Waals surface area contributed by atoms with E-state index in [0.29, 0.717) is 13.1 Å². The molecule has 5 nitrogen and oxygen atoms in total. The number of hydrogen-bond donors (Lipinski definition) is 0. The van der Waals surface area contributed by atoms with Crippen LogP contribution in [-0.4, -0.2) is 47.0 Å². The lowest BCUT2D eigenvalue weighted by Gasteiger charge is -2.36. The molecule has 0 bridgehead atoms. The smallest absolute Gasteiger partial charge is 0.254 e. The number of piperazine rings is 1. The molecule has 1 aliphatic heterocycles. The Morgan fingerprint density at radius 2 is 1.55 bits per heavy atom. The van der Waals surface area contributed by atoms with Crippen LogP contribution in [-0.2, 0) is 4.79 Å². The van der Waals surface area contributed by atoms with Gasteiger partial charge in [-0.1, -0.05) is 60.7 Å². The topological polar surface area (TPSA) is 49.3 Å². The Morgan fingerprint density at radius 3 is 2.21 bits per heavy atom. The molecule has 29 heavy (non-hydrogen) atoms. The molecule has 0 atom stereocenters. The lowest BCUT2D eigenvalue weighted by atomic mass is 10.0. The molecule has 4 rings (SSSR count). The quantitative estimate of drug-likeness (QED) is 0.509. The number of benzene rings is 2. The third kappa shape index (κ3) is 4.51. The summed E-state index contributed by atoms with van der Waals surface area (Å²) in [5.74, 6) is 0.992. The van der Waals surface area contributed by atoms with Crippen molar-refractivity contribution < 1.29 is 4.79 Å². The maximum atomic E-state index is 13.4. The second kappa shape index (κ2) is 8.69. The molecule has 2 aromatic carbocycles. The molecule has 0 saturated carbocycles. The molecule has 1 aromatic heterocycles. The lowest BCUT2D eigenvalue weighted by molar-refractivity contribution is -0.125. The van der Waals surface area contributed by atoms with Gasteiger partial charge in [-0.15, -0.1) is 0 Å². The van der Waals surface area contributed by atoms with E-state index in [1.165, 1.54) is 0 Å². The number of amides is 1. The van der Waals surface area contributed by atoms with Crippen molar-refractivity contribution in [3.05, 3.63) is 89.9 Å². The van der Waals surface area contributed by atoms with Gasteiger partial charge in [0, 0.05) is 43.5 Å². The fourth-order valence-electron chi connectivity index (χ4n) is 3.52. The van der Waals surface area contributed by atoms with Gasteiger partial charge >= 0.3 is 0 Å². The van der Waals surface area contributed by atoms with Gasteiger partial charge in [-0.3, -0.25) is 4.79 Å². The summed E-state index contributed by atoms with van der Waals surface area (Å²) in [6.45, 7) is 4.82. The first kappa shape index (κ1) is 18.9. The highest BCUT2D eigenvalue weighted by Gasteiger charge is 2.25. The highest BCUT2D eigenvalue weighted by molar-refractivity contribution is 6.24. The van der Waals surface area contributed by atoms with Gasteiger partial charge in [-0.2, -0.15) is 0 Å². The van der Waals surface area contributed by atoms with E-state index < -0.39 is 0 Å². The Balaban J connectivity index is 1.54. The molecule has 1 fully saturated rings. The SMILES string of the molecule is Cc1cc(N2CCN(C(=O)/C(=C\c3ccccc3)c3ccccc3)CC2)ncn1. The third-order valence-electron chi connectivity index (χ3n) is 5.11. The average Bonchev–Trinajstić information content (AvgIpc) is 2.78. The van der Waals surface area contributed by atoms with Crippen LogP contribution < -0.4 is 4.90 Å². The molecule has 3 aromatic rings. The maximum Gasteiger partial charge on any atom is 0.254 e. The van der Waals surface area contributed by atoms with Crippen LogP contribution in [0.25, 0.3) is 11.6 Å². The van der Waals surface area contributed by atoms with E-state index in [4.69, 9.17) is 0 Å². The van der Waals surface area contributed by atoms with Crippen LogP contribution in [0.15, 0.2) is 73.1 Å². The zero-order valence-corrected chi connectivity index (χ0v) is 16.5. The van der Waals surface area contributed by atoms with Crippen molar-refractivity contribution >= 4 is 23.4 Å². The maximum absolute atomic E-state index is 13.4. The van der Waals surface area contributed by atoms with Gasteiger partial charge in [-0.05, 0) is 24.1 Å². The molecular weight excluding hydrogens is 360 g/mol. The van der Waals surface area contributed by atoms with Gasteiger partial charge < -0.3 is 9.80 Å². The van der Waals surface area contributed by atoms with E-state index in [-0.39, 0.29) is 5.91 Å². The van der Waals surface area contributed by atoms with Crippen LogP contribution in [0.4, 0.5) is 5.82 Å². The minimum Gasteiger partial charge on any atom is -0.353 e. The van der Waals surface area contributed by atoms with Gasteiger partial charge in [0.1, 0.15) is 12.1 Å². The van der Waals surface area contributed by atoms with Crippen LogP contribution in [0.1, 0.15) is 16.8 Å². The number of aryl methyl sites for hydroxylation is 1. The van der Waals surface area contributed by atoms with Crippen LogP contribution in [0.5, 0.6) is 0 Å². The first-order valence-corrected chi connectivity index (χ1v) is 9.86. The predicted molar refractivity (Wildman–Crippen MR) is 116 cm³/mol. The van der Waals surface area contributed by atoms with Crippen molar-refractivity contribution in [3.8, 4) is 0 Å². The second-order valence-electron chi connectivity index (χ2n) is 7.13. The molecule has 146 valence electrons. The molecule has 0 aliphatic carbocycles. The zero-order chi connectivity index (χ0) is 20.1. The number of aromatic nitrogens is 2. The summed E-state index contributed by atoms with van der Waals surface area (Å²) in [5.41, 5.74) is 3.64. The summed E-state index contributed by atoms with van der Waals surface area (Å²) in [6.07, 6.45) is 3.58. The molecule has 0 spiro atoms. The summed E-state index contributed by atoms with van der Waals surface area (Å²) in [5, 5.41) is 0. The van der Waals surface area contributed by atoms with E-state index in [1.807, 2.05) is 84.6 Å². The van der Waals surface area contributed by atoms with Gasteiger partial charge in [0.15, 0.2) is 0 Å². The molecule has 1 amide bonds. The summed E-state index contributed by atoms with van der Waals surface area (Å²) < 4.78 is 0. The van der Waals surface area contributed by atoms with Crippen LogP contribution in [0, 0.1) is 6.92 Å². The molecule has 1 saturated heterocycles. The minimum absolute atomic E-state index is 0.0681. The lowest BCUT2D eigenvalue weighted by Crippen LogP contribution is -2.49. The molecule has 0 unspecified atom stereocenters. The van der Waals surface area contributed by atoms with Crippen molar-refractivity contribution in [1.82, 2.24) is 14.9 Å². The Kier molecular flexibility index (Phi) is 5.66. The first-order valence-electron chi connectivity index (χ1n) is 9.86. The molecule has 2 heterocycles. The third-order valence-corrected chi connectivity index (χ3v) is 5.11. The zero-order valence-electron chi connectivity index (χ0n) is 16.5. The van der Waals surface area contributed by atoms with Crippen LogP contribution >= 0.6 is 0 Å². The first-order chi connectivity index (χ1) is 14.2.